The number of halogens is 2. The molecule has 1 N–H and O–H groups in total. The number of benzene rings is 2. The summed E-state index contributed by atoms with van der Waals surface area (Å²) in [4.78, 5) is 29.4. The van der Waals surface area contributed by atoms with Crippen molar-refractivity contribution < 1.29 is 18.7 Å². The monoisotopic (exact) mass is 489 g/mol. The summed E-state index contributed by atoms with van der Waals surface area (Å²) in [6.45, 7) is 3.49. The van der Waals surface area contributed by atoms with E-state index in [0.29, 0.717) is 26.3 Å². The number of carbonyl (C=O) groups excluding carboxylic acids is 2. The molecule has 2 aliphatic heterocycles. The summed E-state index contributed by atoms with van der Waals surface area (Å²) in [6.07, 6.45) is 0.186. The second kappa shape index (κ2) is 9.89. The third-order valence-electron chi connectivity index (χ3n) is 5.85. The van der Waals surface area contributed by atoms with E-state index in [1.165, 1.54) is 12.1 Å². The van der Waals surface area contributed by atoms with Crippen LogP contribution >= 0.6 is 15.9 Å². The minimum atomic E-state index is -0.404. The Kier molecular flexibility index (Phi) is 6.99. The standard InChI is InChI=1S/C23H25BrFN3O3/c24-19-3-1-2-4-20(19)28-15-17(13-22(28)29)23(30)26-14-21(27-9-11-31-12-10-27)16-5-7-18(25)8-6-16/h1-8,17,21H,9-15H2,(H,26,30). The summed E-state index contributed by atoms with van der Waals surface area (Å²) in [5.74, 6) is -0.887. The number of para-hydroxylation sites is 1. The van der Waals surface area contributed by atoms with Gasteiger partial charge in [0.2, 0.25) is 11.8 Å². The van der Waals surface area contributed by atoms with E-state index in [1.54, 1.807) is 17.0 Å². The van der Waals surface area contributed by atoms with Crippen LogP contribution in [0, 0.1) is 11.7 Å². The fourth-order valence-electron chi connectivity index (χ4n) is 4.16. The average Bonchev–Trinajstić information content (AvgIpc) is 3.17. The molecular formula is C23H25BrFN3O3. The molecule has 0 aromatic heterocycles. The first-order chi connectivity index (χ1) is 15.0. The van der Waals surface area contributed by atoms with Crippen LogP contribution in [0.15, 0.2) is 53.0 Å². The van der Waals surface area contributed by atoms with Gasteiger partial charge in [-0.2, -0.15) is 0 Å². The van der Waals surface area contributed by atoms with Crippen LogP contribution in [0.4, 0.5) is 10.1 Å². The first-order valence-corrected chi connectivity index (χ1v) is 11.2. The maximum Gasteiger partial charge on any atom is 0.227 e. The van der Waals surface area contributed by atoms with Gasteiger partial charge in [0.15, 0.2) is 0 Å². The molecule has 6 nitrogen and oxygen atoms in total. The van der Waals surface area contributed by atoms with Gasteiger partial charge >= 0.3 is 0 Å². The van der Waals surface area contributed by atoms with Gasteiger partial charge in [-0.1, -0.05) is 24.3 Å². The quantitative estimate of drug-likeness (QED) is 0.676. The van der Waals surface area contributed by atoms with Crippen LogP contribution in [-0.2, 0) is 14.3 Å². The molecule has 2 aromatic carbocycles. The van der Waals surface area contributed by atoms with Gasteiger partial charge in [-0.15, -0.1) is 0 Å². The molecule has 4 rings (SSSR count). The molecule has 31 heavy (non-hydrogen) atoms. The van der Waals surface area contributed by atoms with Gasteiger partial charge in [0.05, 0.1) is 30.9 Å². The maximum absolute atomic E-state index is 13.4. The summed E-state index contributed by atoms with van der Waals surface area (Å²) in [7, 11) is 0. The Morgan fingerprint density at radius 2 is 1.87 bits per heavy atom. The zero-order valence-electron chi connectivity index (χ0n) is 17.1. The van der Waals surface area contributed by atoms with Crippen LogP contribution in [0.25, 0.3) is 0 Å². The van der Waals surface area contributed by atoms with E-state index >= 15 is 0 Å². The lowest BCUT2D eigenvalue weighted by Crippen LogP contribution is -2.45. The van der Waals surface area contributed by atoms with Crippen molar-refractivity contribution >= 4 is 33.4 Å². The van der Waals surface area contributed by atoms with Crippen molar-refractivity contribution in [3.8, 4) is 0 Å². The Hall–Kier alpha value is -2.29. The smallest absolute Gasteiger partial charge is 0.227 e. The summed E-state index contributed by atoms with van der Waals surface area (Å²) >= 11 is 3.48. The molecule has 0 radical (unpaired) electrons. The van der Waals surface area contributed by atoms with Crippen molar-refractivity contribution in [1.29, 1.82) is 0 Å². The first kappa shape index (κ1) is 21.9. The number of rotatable bonds is 6. The second-order valence-electron chi connectivity index (χ2n) is 7.82. The van der Waals surface area contributed by atoms with Crippen molar-refractivity contribution in [2.24, 2.45) is 5.92 Å². The number of carbonyl (C=O) groups is 2. The van der Waals surface area contributed by atoms with Crippen LogP contribution in [0.2, 0.25) is 0 Å². The molecule has 2 saturated heterocycles. The van der Waals surface area contributed by atoms with Gasteiger partial charge < -0.3 is 15.0 Å². The molecule has 0 spiro atoms. The van der Waals surface area contributed by atoms with Crippen molar-refractivity contribution in [3.63, 3.8) is 0 Å². The van der Waals surface area contributed by atoms with Gasteiger partial charge in [-0.3, -0.25) is 14.5 Å². The van der Waals surface area contributed by atoms with E-state index in [9.17, 15) is 14.0 Å². The number of amides is 2. The first-order valence-electron chi connectivity index (χ1n) is 10.4. The third-order valence-corrected chi connectivity index (χ3v) is 6.52. The number of hydrogen-bond acceptors (Lipinski definition) is 4. The number of morpholine rings is 1. The number of nitrogens with one attached hydrogen (secondary N) is 1. The number of ether oxygens (including phenoxy) is 1. The lowest BCUT2D eigenvalue weighted by Gasteiger charge is -2.35. The van der Waals surface area contributed by atoms with E-state index in [4.69, 9.17) is 4.74 Å². The molecule has 2 aromatic rings. The summed E-state index contributed by atoms with van der Waals surface area (Å²) < 4.78 is 19.7. The van der Waals surface area contributed by atoms with Crippen LogP contribution in [0.1, 0.15) is 18.0 Å². The Balaban J connectivity index is 1.42. The van der Waals surface area contributed by atoms with E-state index in [-0.39, 0.29) is 30.1 Å². The maximum atomic E-state index is 13.4. The lowest BCUT2D eigenvalue weighted by molar-refractivity contribution is -0.126. The normalized spacial score (nSPS) is 20.6. The van der Waals surface area contributed by atoms with E-state index in [2.05, 4.69) is 26.1 Å². The Morgan fingerprint density at radius 1 is 1.16 bits per heavy atom. The Morgan fingerprint density at radius 3 is 2.58 bits per heavy atom. The van der Waals surface area contributed by atoms with Gasteiger partial charge in [0, 0.05) is 37.1 Å². The van der Waals surface area contributed by atoms with Crippen molar-refractivity contribution in [2.75, 3.05) is 44.3 Å². The van der Waals surface area contributed by atoms with Crippen molar-refractivity contribution in [2.45, 2.75) is 12.5 Å². The van der Waals surface area contributed by atoms with Crippen molar-refractivity contribution in [1.82, 2.24) is 10.2 Å². The SMILES string of the molecule is O=C(NCC(c1ccc(F)cc1)N1CCOCC1)C1CC(=O)N(c2ccccc2Br)C1. The average molecular weight is 490 g/mol. The van der Waals surface area contributed by atoms with Crippen LogP contribution in [0.5, 0.6) is 0 Å². The predicted octanol–water partition coefficient (Wildman–Crippen LogP) is 3.13. The van der Waals surface area contributed by atoms with Crippen LogP contribution in [-0.4, -0.2) is 56.1 Å². The predicted molar refractivity (Wildman–Crippen MR) is 119 cm³/mol. The minimum Gasteiger partial charge on any atom is -0.379 e. The molecule has 0 bridgehead atoms. The lowest BCUT2D eigenvalue weighted by atomic mass is 10.0. The highest BCUT2D eigenvalue weighted by molar-refractivity contribution is 9.10. The topological polar surface area (TPSA) is 61.9 Å². The van der Waals surface area contributed by atoms with Gasteiger partial charge in [-0.05, 0) is 45.8 Å². The molecule has 164 valence electrons. The number of hydrogen-bond donors (Lipinski definition) is 1. The number of anilines is 1. The molecule has 2 fully saturated rings. The largest absolute Gasteiger partial charge is 0.379 e. The molecule has 0 aliphatic carbocycles. The molecule has 2 amide bonds. The van der Waals surface area contributed by atoms with E-state index in [0.717, 1.165) is 28.8 Å². The Labute approximate surface area is 189 Å². The highest BCUT2D eigenvalue weighted by Gasteiger charge is 2.36. The molecule has 2 unspecified atom stereocenters. The molecule has 2 heterocycles. The highest BCUT2D eigenvalue weighted by atomic mass is 79.9. The summed E-state index contributed by atoms with van der Waals surface area (Å²) in [5, 5.41) is 3.04. The molecule has 0 saturated carbocycles. The van der Waals surface area contributed by atoms with E-state index in [1.807, 2.05) is 24.3 Å². The highest BCUT2D eigenvalue weighted by Crippen LogP contribution is 2.31. The fraction of sp³-hybridized carbons (Fsp3) is 0.391. The van der Waals surface area contributed by atoms with Crippen LogP contribution in [0.3, 0.4) is 0 Å². The van der Waals surface area contributed by atoms with Gasteiger partial charge in [0.25, 0.3) is 0 Å². The van der Waals surface area contributed by atoms with Crippen molar-refractivity contribution in [3.05, 3.63) is 64.4 Å². The fourth-order valence-corrected chi connectivity index (χ4v) is 4.66. The zero-order chi connectivity index (χ0) is 21.8. The second-order valence-corrected chi connectivity index (χ2v) is 8.67. The van der Waals surface area contributed by atoms with Gasteiger partial charge in [0.1, 0.15) is 5.82 Å². The zero-order valence-corrected chi connectivity index (χ0v) is 18.7. The van der Waals surface area contributed by atoms with Crippen LogP contribution < -0.4 is 10.2 Å². The third kappa shape index (κ3) is 5.14. The molecule has 2 aliphatic rings. The Bertz CT molecular complexity index is 934. The minimum absolute atomic E-state index is 0.0599. The molecule has 2 atom stereocenters. The van der Waals surface area contributed by atoms with E-state index < -0.39 is 5.92 Å². The summed E-state index contributed by atoms with van der Waals surface area (Å²) in [6, 6.07) is 13.8. The van der Waals surface area contributed by atoms with Gasteiger partial charge in [-0.25, -0.2) is 4.39 Å². The number of nitrogens with zero attached hydrogens (tertiary/aromatic N) is 2. The molecular weight excluding hydrogens is 465 g/mol. The molecule has 8 heteroatoms. The summed E-state index contributed by atoms with van der Waals surface area (Å²) in [5.41, 5.74) is 1.72.